The fourth-order valence-electron chi connectivity index (χ4n) is 2.99. The molecule has 0 aliphatic carbocycles. The normalized spacial score (nSPS) is 27.6. The number of nitrogens with one attached hydrogen (secondary N) is 1. The number of aliphatic hydroxyl groups excluding tert-OH is 4. The maximum atomic E-state index is 12.0. The van der Waals surface area contributed by atoms with Gasteiger partial charge >= 0.3 is 0 Å². The van der Waals surface area contributed by atoms with Crippen LogP contribution in [0.5, 0.6) is 5.75 Å². The van der Waals surface area contributed by atoms with Crippen molar-refractivity contribution < 1.29 is 38.3 Å². The number of hydrogen-bond acceptors (Lipinski definition) is 8. The van der Waals surface area contributed by atoms with Crippen molar-refractivity contribution in [3.05, 3.63) is 48.5 Å². The zero-order chi connectivity index (χ0) is 21.2. The molecule has 1 aliphatic heterocycles. The van der Waals surface area contributed by atoms with Crippen LogP contribution in [-0.2, 0) is 14.8 Å². The van der Waals surface area contributed by atoms with E-state index in [1.165, 1.54) is 13.1 Å². The average Bonchev–Trinajstić information content (AvgIpc) is 2.74. The average molecular weight is 425 g/mol. The number of rotatable bonds is 6. The summed E-state index contributed by atoms with van der Waals surface area (Å²) in [5.74, 6) is 0.317. The molecule has 5 N–H and O–H groups in total. The maximum absolute atomic E-state index is 12.0. The van der Waals surface area contributed by atoms with Crippen LogP contribution < -0.4 is 9.46 Å². The minimum Gasteiger partial charge on any atom is -0.462 e. The molecule has 29 heavy (non-hydrogen) atoms. The summed E-state index contributed by atoms with van der Waals surface area (Å²) in [6, 6.07) is 13.0. The minimum atomic E-state index is -3.56. The number of benzene rings is 2. The highest BCUT2D eigenvalue weighted by molar-refractivity contribution is 7.89. The van der Waals surface area contributed by atoms with Crippen LogP contribution in [0.15, 0.2) is 53.4 Å². The summed E-state index contributed by atoms with van der Waals surface area (Å²) in [7, 11) is -2.22. The van der Waals surface area contributed by atoms with E-state index in [9.17, 15) is 28.8 Å². The van der Waals surface area contributed by atoms with Crippen LogP contribution >= 0.6 is 0 Å². The topological polar surface area (TPSA) is 146 Å². The summed E-state index contributed by atoms with van der Waals surface area (Å²) < 4.78 is 37.1. The van der Waals surface area contributed by atoms with Crippen molar-refractivity contribution in [2.24, 2.45) is 0 Å². The largest absolute Gasteiger partial charge is 0.462 e. The van der Waals surface area contributed by atoms with Gasteiger partial charge in [-0.3, -0.25) is 0 Å². The lowest BCUT2D eigenvalue weighted by Gasteiger charge is -2.39. The van der Waals surface area contributed by atoms with Crippen molar-refractivity contribution in [3.63, 3.8) is 0 Å². The molecule has 10 heteroatoms. The van der Waals surface area contributed by atoms with E-state index in [0.717, 1.165) is 5.56 Å². The van der Waals surface area contributed by atoms with Gasteiger partial charge in [-0.05, 0) is 42.4 Å². The molecule has 1 saturated heterocycles. The van der Waals surface area contributed by atoms with Gasteiger partial charge in [-0.25, -0.2) is 13.1 Å². The van der Waals surface area contributed by atoms with E-state index < -0.39 is 47.3 Å². The van der Waals surface area contributed by atoms with Gasteiger partial charge in [0.1, 0.15) is 30.2 Å². The second-order valence-corrected chi connectivity index (χ2v) is 8.46. The molecular weight excluding hydrogens is 402 g/mol. The summed E-state index contributed by atoms with van der Waals surface area (Å²) in [6.45, 7) is -0.546. The van der Waals surface area contributed by atoms with Gasteiger partial charge in [0.25, 0.3) is 0 Å². The number of hydrogen-bond donors (Lipinski definition) is 5. The minimum absolute atomic E-state index is 0.138. The Labute approximate surface area is 168 Å². The van der Waals surface area contributed by atoms with E-state index in [1.54, 1.807) is 42.5 Å². The third-order valence-corrected chi connectivity index (χ3v) is 6.11. The molecule has 1 aliphatic rings. The Morgan fingerprint density at radius 1 is 1.00 bits per heavy atom. The first-order valence-corrected chi connectivity index (χ1v) is 10.4. The zero-order valence-electron chi connectivity index (χ0n) is 15.5. The highest BCUT2D eigenvalue weighted by Gasteiger charge is 2.44. The molecule has 0 amide bonds. The number of ether oxygens (including phenoxy) is 2. The van der Waals surface area contributed by atoms with E-state index in [1.807, 2.05) is 0 Å². The molecule has 2 aromatic carbocycles. The van der Waals surface area contributed by atoms with Crippen LogP contribution in [-0.4, -0.2) is 73.2 Å². The van der Waals surface area contributed by atoms with Crippen LogP contribution in [0.2, 0.25) is 0 Å². The van der Waals surface area contributed by atoms with Crippen LogP contribution in [0.3, 0.4) is 0 Å². The second kappa shape index (κ2) is 8.76. The predicted molar refractivity (Wildman–Crippen MR) is 103 cm³/mol. The van der Waals surface area contributed by atoms with Gasteiger partial charge < -0.3 is 29.9 Å². The van der Waals surface area contributed by atoms with Gasteiger partial charge in [0.2, 0.25) is 16.3 Å². The molecule has 0 unspecified atom stereocenters. The van der Waals surface area contributed by atoms with E-state index in [2.05, 4.69) is 4.72 Å². The Hall–Kier alpha value is -2.05. The monoisotopic (exact) mass is 425 g/mol. The molecule has 9 nitrogen and oxygen atoms in total. The first-order chi connectivity index (χ1) is 13.8. The van der Waals surface area contributed by atoms with Gasteiger partial charge in [0, 0.05) is 0 Å². The number of sulfonamides is 1. The van der Waals surface area contributed by atoms with Crippen LogP contribution in [0.25, 0.3) is 11.1 Å². The first-order valence-electron chi connectivity index (χ1n) is 8.88. The van der Waals surface area contributed by atoms with Crippen molar-refractivity contribution in [2.45, 2.75) is 35.6 Å². The predicted octanol–water partition coefficient (Wildman–Crippen LogP) is -0.560. The van der Waals surface area contributed by atoms with Crippen LogP contribution in [0, 0.1) is 0 Å². The molecule has 2 aromatic rings. The zero-order valence-corrected chi connectivity index (χ0v) is 16.4. The van der Waals surface area contributed by atoms with Crippen molar-refractivity contribution in [1.82, 2.24) is 4.72 Å². The van der Waals surface area contributed by atoms with Crippen molar-refractivity contribution in [2.75, 3.05) is 13.7 Å². The van der Waals surface area contributed by atoms with Gasteiger partial charge in [0.15, 0.2) is 0 Å². The van der Waals surface area contributed by atoms with Gasteiger partial charge in [0.05, 0.1) is 11.5 Å². The molecular formula is C19H23NO8S. The highest BCUT2D eigenvalue weighted by Crippen LogP contribution is 2.27. The molecule has 3 rings (SSSR count). The summed E-state index contributed by atoms with van der Waals surface area (Å²) in [4.78, 5) is 0.138. The molecule has 1 heterocycles. The summed E-state index contributed by atoms with van der Waals surface area (Å²) >= 11 is 0. The van der Waals surface area contributed by atoms with E-state index in [-0.39, 0.29) is 4.90 Å². The molecule has 0 radical (unpaired) electrons. The SMILES string of the molecule is CNS(=O)(=O)c1cccc(-c2ccc(O[C@H]3O[C@H](CO)[C@@H](O)[C@H](O)[C@@H]3O)cc2)c1. The van der Waals surface area contributed by atoms with Crippen LogP contribution in [0.1, 0.15) is 0 Å². The van der Waals surface area contributed by atoms with Gasteiger partial charge in [-0.15, -0.1) is 0 Å². The van der Waals surface area contributed by atoms with Gasteiger partial charge in [-0.1, -0.05) is 24.3 Å². The summed E-state index contributed by atoms with van der Waals surface area (Å²) in [5, 5.41) is 38.9. The molecule has 0 spiro atoms. The smallest absolute Gasteiger partial charge is 0.240 e. The maximum Gasteiger partial charge on any atom is 0.240 e. The first kappa shape index (κ1) is 21.7. The molecule has 0 bridgehead atoms. The molecule has 158 valence electrons. The molecule has 0 aromatic heterocycles. The Kier molecular flexibility index (Phi) is 6.54. The lowest BCUT2D eigenvalue weighted by atomic mass is 9.99. The molecule has 1 fully saturated rings. The Morgan fingerprint density at radius 2 is 1.69 bits per heavy atom. The molecule has 5 atom stereocenters. The lowest BCUT2D eigenvalue weighted by molar-refractivity contribution is -0.277. The van der Waals surface area contributed by atoms with Crippen LogP contribution in [0.4, 0.5) is 0 Å². The van der Waals surface area contributed by atoms with Crippen molar-refractivity contribution in [3.8, 4) is 16.9 Å². The quantitative estimate of drug-likeness (QED) is 0.414. The third kappa shape index (κ3) is 4.59. The lowest BCUT2D eigenvalue weighted by Crippen LogP contribution is -2.60. The number of aliphatic hydroxyl groups is 4. The van der Waals surface area contributed by atoms with E-state index in [4.69, 9.17) is 9.47 Å². The Bertz CT molecular complexity index is 931. The molecule has 0 saturated carbocycles. The highest BCUT2D eigenvalue weighted by atomic mass is 32.2. The fourth-order valence-corrected chi connectivity index (χ4v) is 3.76. The van der Waals surface area contributed by atoms with Gasteiger partial charge in [-0.2, -0.15) is 0 Å². The summed E-state index contributed by atoms with van der Waals surface area (Å²) in [6.07, 6.45) is -6.83. The van der Waals surface area contributed by atoms with Crippen molar-refractivity contribution >= 4 is 10.0 Å². The Morgan fingerprint density at radius 3 is 2.31 bits per heavy atom. The summed E-state index contributed by atoms with van der Waals surface area (Å²) in [5.41, 5.74) is 1.42. The fraction of sp³-hybridized carbons (Fsp3) is 0.368. The third-order valence-electron chi connectivity index (χ3n) is 4.70. The van der Waals surface area contributed by atoms with Crippen molar-refractivity contribution in [1.29, 1.82) is 0 Å². The Balaban J connectivity index is 1.77. The second-order valence-electron chi connectivity index (χ2n) is 6.57. The van der Waals surface area contributed by atoms with E-state index in [0.29, 0.717) is 11.3 Å². The standard InChI is InChI=1S/C19H23NO8S/c1-20-29(25,26)14-4-2-3-12(9-14)11-5-7-13(8-6-11)27-19-18(24)17(23)16(22)15(10-21)28-19/h2-9,15-24H,10H2,1H3/t15-,16-,17+,18+,19+/m1/s1. The van der Waals surface area contributed by atoms with E-state index >= 15 is 0 Å².